The van der Waals surface area contributed by atoms with Crippen molar-refractivity contribution in [3.63, 3.8) is 0 Å². The van der Waals surface area contributed by atoms with E-state index in [0.717, 1.165) is 30.9 Å². The number of nitrogens with zero attached hydrogens (tertiary/aromatic N) is 7. The molecule has 2 aliphatic rings. The topological polar surface area (TPSA) is 112 Å². The fraction of sp³-hybridized carbons (Fsp3) is 0.455. The van der Waals surface area contributed by atoms with Crippen LogP contribution in [0.3, 0.4) is 0 Å². The maximum absolute atomic E-state index is 13.4. The summed E-state index contributed by atoms with van der Waals surface area (Å²) in [4.78, 5) is 25.7. The molecule has 2 aliphatic heterocycles. The lowest BCUT2D eigenvalue weighted by Gasteiger charge is -2.49. The van der Waals surface area contributed by atoms with Crippen molar-refractivity contribution in [2.24, 2.45) is 0 Å². The van der Waals surface area contributed by atoms with Gasteiger partial charge in [-0.25, -0.2) is 4.98 Å². The maximum atomic E-state index is 13.4. The second-order valence-electron chi connectivity index (χ2n) is 12.7. The molecule has 13 heteroatoms. The van der Waals surface area contributed by atoms with Crippen molar-refractivity contribution in [1.29, 1.82) is 0 Å². The average Bonchev–Trinajstić information content (AvgIpc) is 3.01. The number of aromatic nitrogens is 4. The predicted molar refractivity (Wildman–Crippen MR) is 192 cm³/mol. The number of aryl methyl sites for hydroxylation is 1. The van der Waals surface area contributed by atoms with Crippen molar-refractivity contribution in [1.82, 2.24) is 29.7 Å². The Hall–Kier alpha value is -3.31. The number of halogens is 1. The molecule has 0 spiro atoms. The zero-order valence-electron chi connectivity index (χ0n) is 27.4. The predicted octanol–water partition coefficient (Wildman–Crippen LogP) is 5.70. The highest BCUT2D eigenvalue weighted by molar-refractivity contribution is 9.10. The Morgan fingerprint density at radius 3 is 2.46 bits per heavy atom. The third kappa shape index (κ3) is 6.72. The Morgan fingerprint density at radius 1 is 1.04 bits per heavy atom. The number of methoxy groups -OCH3 is 1. The molecule has 2 aromatic heterocycles. The van der Waals surface area contributed by atoms with Gasteiger partial charge >= 0.3 is 0 Å². The first-order chi connectivity index (χ1) is 22.0. The van der Waals surface area contributed by atoms with E-state index in [9.17, 15) is 4.57 Å². The smallest absolute Gasteiger partial charge is 0.229 e. The molecule has 0 amide bonds. The highest BCUT2D eigenvalue weighted by Gasteiger charge is 2.35. The number of likely N-dealkylation sites (N-methyl/N-ethyl adjacent to an activating group) is 1. The third-order valence-corrected chi connectivity index (χ3v) is 11.2. The van der Waals surface area contributed by atoms with Crippen LogP contribution in [0.1, 0.15) is 25.3 Å². The van der Waals surface area contributed by atoms with Gasteiger partial charge in [0.1, 0.15) is 24.2 Å². The Bertz CT molecular complexity index is 1770. The minimum absolute atomic E-state index is 0.406. The molecule has 0 saturated carbocycles. The van der Waals surface area contributed by atoms with Crippen LogP contribution in [0.15, 0.2) is 47.3 Å². The van der Waals surface area contributed by atoms with E-state index < -0.39 is 7.14 Å². The number of piperidine rings is 1. The van der Waals surface area contributed by atoms with Crippen LogP contribution in [-0.4, -0.2) is 103 Å². The van der Waals surface area contributed by atoms with E-state index in [1.54, 1.807) is 39.0 Å². The van der Waals surface area contributed by atoms with E-state index >= 15 is 0 Å². The normalized spacial score (nSPS) is 16.6. The van der Waals surface area contributed by atoms with Crippen molar-refractivity contribution >= 4 is 68.2 Å². The van der Waals surface area contributed by atoms with Crippen molar-refractivity contribution < 1.29 is 9.30 Å². The molecule has 2 aromatic carbocycles. The van der Waals surface area contributed by atoms with Crippen LogP contribution in [-0.2, 0) is 11.0 Å². The molecule has 0 unspecified atom stereocenters. The van der Waals surface area contributed by atoms with E-state index in [-0.39, 0.29) is 0 Å². The molecule has 11 nitrogen and oxygen atoms in total. The first kappa shape index (κ1) is 32.6. The number of hydrogen-bond donors (Lipinski definition) is 2. The molecule has 244 valence electrons. The molecule has 2 fully saturated rings. The Labute approximate surface area is 279 Å². The van der Waals surface area contributed by atoms with Gasteiger partial charge in [-0.05, 0) is 86.4 Å². The zero-order valence-corrected chi connectivity index (χ0v) is 29.9. The molecule has 4 aromatic rings. The highest BCUT2D eigenvalue weighted by Crippen LogP contribution is 2.42. The minimum atomic E-state index is -2.73. The van der Waals surface area contributed by atoms with Gasteiger partial charge in [-0.3, -0.25) is 14.9 Å². The van der Waals surface area contributed by atoms with Gasteiger partial charge < -0.3 is 29.7 Å². The van der Waals surface area contributed by atoms with Crippen molar-refractivity contribution in [2.45, 2.75) is 38.3 Å². The molecule has 6 rings (SSSR count). The summed E-state index contributed by atoms with van der Waals surface area (Å²) in [6, 6.07) is 9.39. The van der Waals surface area contributed by atoms with Crippen molar-refractivity contribution in [3.05, 3.63) is 52.9 Å². The Balaban J connectivity index is 1.22. The summed E-state index contributed by atoms with van der Waals surface area (Å²) in [6.45, 7) is 10.1. The van der Waals surface area contributed by atoms with Crippen LogP contribution >= 0.6 is 23.1 Å². The number of anilines is 5. The Kier molecular flexibility index (Phi) is 9.53. The SMILES string of the molecule is CCc1cc(Nc2ncc(Br)c(Nc3ccc4nccnc4c3P(C)(C)=O)n2)c(OC)cc1N1CCC(N2CC(N(C)C)C2)CC1. The van der Waals surface area contributed by atoms with E-state index in [2.05, 4.69) is 89.4 Å². The summed E-state index contributed by atoms with van der Waals surface area (Å²) in [6.07, 6.45) is 8.18. The lowest BCUT2D eigenvalue weighted by atomic mass is 9.96. The van der Waals surface area contributed by atoms with Gasteiger partial charge in [-0.15, -0.1) is 0 Å². The van der Waals surface area contributed by atoms with Gasteiger partial charge in [-0.2, -0.15) is 4.98 Å². The van der Waals surface area contributed by atoms with Crippen LogP contribution in [0.25, 0.3) is 11.0 Å². The monoisotopic (exact) mass is 707 g/mol. The fourth-order valence-corrected chi connectivity index (χ4v) is 8.16. The van der Waals surface area contributed by atoms with Gasteiger partial charge in [0.15, 0.2) is 0 Å². The van der Waals surface area contributed by atoms with Gasteiger partial charge in [0.05, 0.1) is 33.8 Å². The number of nitrogens with one attached hydrogen (secondary N) is 2. The van der Waals surface area contributed by atoms with Gasteiger partial charge in [0, 0.05) is 68.6 Å². The summed E-state index contributed by atoms with van der Waals surface area (Å²) in [7, 11) is 3.32. The summed E-state index contributed by atoms with van der Waals surface area (Å²) in [5.74, 6) is 1.67. The number of fused-ring (bicyclic) bond motifs is 1. The second-order valence-corrected chi connectivity index (χ2v) is 16.7. The first-order valence-electron chi connectivity index (χ1n) is 15.8. The number of rotatable bonds is 10. The van der Waals surface area contributed by atoms with Crippen LogP contribution in [0.5, 0.6) is 5.75 Å². The molecule has 2 saturated heterocycles. The fourth-order valence-electron chi connectivity index (χ4n) is 6.47. The lowest BCUT2D eigenvalue weighted by molar-refractivity contribution is 0.0188. The zero-order chi connectivity index (χ0) is 32.6. The molecule has 0 aliphatic carbocycles. The minimum Gasteiger partial charge on any atom is -0.494 e. The van der Waals surface area contributed by atoms with Gasteiger partial charge in [-0.1, -0.05) is 6.92 Å². The molecule has 4 heterocycles. The summed E-state index contributed by atoms with van der Waals surface area (Å²) in [5, 5.41) is 7.40. The summed E-state index contributed by atoms with van der Waals surface area (Å²) < 4.78 is 20.0. The largest absolute Gasteiger partial charge is 0.494 e. The van der Waals surface area contributed by atoms with Crippen molar-refractivity contribution in [3.8, 4) is 5.75 Å². The quantitative estimate of drug-likeness (QED) is 0.198. The van der Waals surface area contributed by atoms with E-state index in [1.807, 2.05) is 12.1 Å². The first-order valence-corrected chi connectivity index (χ1v) is 19.2. The van der Waals surface area contributed by atoms with Crippen LogP contribution in [0.2, 0.25) is 0 Å². The molecule has 46 heavy (non-hydrogen) atoms. The molecule has 2 N–H and O–H groups in total. The summed E-state index contributed by atoms with van der Waals surface area (Å²) in [5.41, 5.74) is 5.25. The standard InChI is InChI=1S/C33H43BrN9O2P/c1-7-21-16-27(29(45-4)17-28(21)42-14-10-22(11-15-42)43-19-23(20-43)41(2)3)39-33-37-18-24(34)32(40-33)38-26-9-8-25-30(36-13-12-35-25)31(26)46(5,6)44/h8-9,12-13,16-18,22-23H,7,10-11,14-15,19-20H2,1-6H3,(H2,37,38,39,40). The average molecular weight is 709 g/mol. The second kappa shape index (κ2) is 13.4. The number of ether oxygens (including phenoxy) is 1. The van der Waals surface area contributed by atoms with Gasteiger partial charge in [0.2, 0.25) is 5.95 Å². The highest BCUT2D eigenvalue weighted by atomic mass is 79.9. The van der Waals surface area contributed by atoms with E-state index in [4.69, 9.17) is 9.72 Å². The van der Waals surface area contributed by atoms with Crippen LogP contribution in [0, 0.1) is 0 Å². The lowest BCUT2D eigenvalue weighted by Crippen LogP contribution is -2.62. The van der Waals surface area contributed by atoms with Crippen LogP contribution in [0.4, 0.5) is 28.8 Å². The van der Waals surface area contributed by atoms with Crippen LogP contribution < -0.4 is 25.6 Å². The molecular formula is C33H43BrN9O2P. The number of hydrogen-bond acceptors (Lipinski definition) is 11. The molecule has 0 bridgehead atoms. The van der Waals surface area contributed by atoms with E-state index in [0.29, 0.717) is 50.3 Å². The number of likely N-dealkylation sites (tertiary alicyclic amines) is 1. The number of benzene rings is 2. The third-order valence-electron chi connectivity index (χ3n) is 9.12. The van der Waals surface area contributed by atoms with E-state index in [1.165, 1.54) is 37.2 Å². The Morgan fingerprint density at radius 2 is 1.78 bits per heavy atom. The maximum Gasteiger partial charge on any atom is 0.229 e. The molecule has 0 radical (unpaired) electrons. The van der Waals surface area contributed by atoms with Gasteiger partial charge in [0.25, 0.3) is 0 Å². The summed E-state index contributed by atoms with van der Waals surface area (Å²) >= 11 is 3.59. The molecule has 0 atom stereocenters. The van der Waals surface area contributed by atoms with Crippen molar-refractivity contribution in [2.75, 3.05) is 76.2 Å². The molecular weight excluding hydrogens is 665 g/mol.